The molecule has 1 aromatic heterocycles. The van der Waals surface area contributed by atoms with E-state index in [1.54, 1.807) is 0 Å². The topological polar surface area (TPSA) is 28.2 Å². The molecular formula is C18H31N3. The molecule has 1 fully saturated rings. The fourth-order valence-electron chi connectivity index (χ4n) is 3.69. The molecule has 3 nitrogen and oxygen atoms in total. The maximum atomic E-state index is 4.11. The zero-order valence-corrected chi connectivity index (χ0v) is 13.8. The van der Waals surface area contributed by atoms with E-state index in [-0.39, 0.29) is 0 Å². The number of nitrogens with one attached hydrogen (secondary N) is 1. The molecule has 1 aromatic rings. The molecule has 0 radical (unpaired) electrons. The molecule has 0 atom stereocenters. The number of hydrogen-bond donors (Lipinski definition) is 1. The van der Waals surface area contributed by atoms with E-state index in [2.05, 4.69) is 41.3 Å². The van der Waals surface area contributed by atoms with Crippen LogP contribution in [0.15, 0.2) is 24.5 Å². The van der Waals surface area contributed by atoms with Crippen molar-refractivity contribution >= 4 is 0 Å². The van der Waals surface area contributed by atoms with E-state index >= 15 is 0 Å². The maximum Gasteiger partial charge on any atom is 0.0271 e. The Kier molecular flexibility index (Phi) is 6.65. The summed E-state index contributed by atoms with van der Waals surface area (Å²) in [6.45, 7) is 6.68. The Morgan fingerprint density at radius 1 is 1.14 bits per heavy atom. The van der Waals surface area contributed by atoms with E-state index in [0.717, 1.165) is 13.1 Å². The van der Waals surface area contributed by atoms with Gasteiger partial charge < -0.3 is 10.2 Å². The summed E-state index contributed by atoms with van der Waals surface area (Å²) in [5, 5.41) is 3.62. The van der Waals surface area contributed by atoms with Crippen LogP contribution >= 0.6 is 0 Å². The third-order valence-electron chi connectivity index (χ3n) is 4.72. The molecule has 21 heavy (non-hydrogen) atoms. The molecule has 0 aliphatic heterocycles. The summed E-state index contributed by atoms with van der Waals surface area (Å²) in [4.78, 5) is 6.60. The van der Waals surface area contributed by atoms with Crippen LogP contribution in [-0.4, -0.2) is 36.6 Å². The van der Waals surface area contributed by atoms with Crippen molar-refractivity contribution < 1.29 is 0 Å². The first-order chi connectivity index (χ1) is 10.2. The maximum absolute atomic E-state index is 4.11. The van der Waals surface area contributed by atoms with Crippen LogP contribution in [0, 0.1) is 5.41 Å². The van der Waals surface area contributed by atoms with Crippen molar-refractivity contribution in [3.8, 4) is 0 Å². The Hall–Kier alpha value is -0.930. The van der Waals surface area contributed by atoms with Crippen LogP contribution in [0.5, 0.6) is 0 Å². The highest BCUT2D eigenvalue weighted by atomic mass is 15.1. The molecule has 0 unspecified atom stereocenters. The quantitative estimate of drug-likeness (QED) is 0.779. The zero-order valence-electron chi connectivity index (χ0n) is 13.8. The lowest BCUT2D eigenvalue weighted by atomic mass is 9.79. The molecule has 0 aromatic carbocycles. The molecule has 0 saturated heterocycles. The molecule has 1 aliphatic carbocycles. The van der Waals surface area contributed by atoms with E-state index in [9.17, 15) is 0 Å². The summed E-state index contributed by atoms with van der Waals surface area (Å²) in [7, 11) is 2.26. The van der Waals surface area contributed by atoms with Crippen LogP contribution in [0.1, 0.15) is 51.0 Å². The van der Waals surface area contributed by atoms with Crippen molar-refractivity contribution in [3.63, 3.8) is 0 Å². The SMILES string of the molecule is CCNCC1(CN(C)Cc2ccncc2)CCCCCC1. The molecule has 0 spiro atoms. The van der Waals surface area contributed by atoms with Gasteiger partial charge >= 0.3 is 0 Å². The standard InChI is InChI=1S/C18H31N3/c1-3-19-15-18(10-6-4-5-7-11-18)16-21(2)14-17-8-12-20-13-9-17/h8-9,12-13,19H,3-7,10-11,14-16H2,1-2H3. The lowest BCUT2D eigenvalue weighted by Crippen LogP contribution is -2.42. The molecule has 1 saturated carbocycles. The van der Waals surface area contributed by atoms with Crippen LogP contribution in [-0.2, 0) is 6.54 Å². The van der Waals surface area contributed by atoms with Gasteiger partial charge in [0.05, 0.1) is 0 Å². The fraction of sp³-hybridized carbons (Fsp3) is 0.722. The molecule has 1 heterocycles. The molecule has 3 heteroatoms. The Labute approximate surface area is 130 Å². The summed E-state index contributed by atoms with van der Waals surface area (Å²) in [5.74, 6) is 0. The molecule has 1 N–H and O–H groups in total. The molecule has 118 valence electrons. The van der Waals surface area contributed by atoms with Gasteiger partial charge in [-0.05, 0) is 49.5 Å². The minimum Gasteiger partial charge on any atom is -0.316 e. The Bertz CT molecular complexity index is 383. The average Bonchev–Trinajstić information content (AvgIpc) is 2.72. The highest BCUT2D eigenvalue weighted by molar-refractivity contribution is 5.09. The summed E-state index contributed by atoms with van der Waals surface area (Å²) in [5.41, 5.74) is 1.83. The second-order valence-corrected chi connectivity index (χ2v) is 6.72. The van der Waals surface area contributed by atoms with E-state index in [0.29, 0.717) is 5.41 Å². The van der Waals surface area contributed by atoms with Gasteiger partial charge in [-0.15, -0.1) is 0 Å². The van der Waals surface area contributed by atoms with Crippen molar-refractivity contribution in [2.45, 2.75) is 52.0 Å². The predicted octanol–water partition coefficient (Wildman–Crippen LogP) is 3.46. The van der Waals surface area contributed by atoms with Crippen molar-refractivity contribution in [2.75, 3.05) is 26.7 Å². The van der Waals surface area contributed by atoms with Gasteiger partial charge in [0.1, 0.15) is 0 Å². The van der Waals surface area contributed by atoms with E-state index in [1.165, 1.54) is 57.2 Å². The molecular weight excluding hydrogens is 258 g/mol. The van der Waals surface area contributed by atoms with E-state index in [4.69, 9.17) is 0 Å². The van der Waals surface area contributed by atoms with Crippen LogP contribution in [0.4, 0.5) is 0 Å². The molecule has 1 aliphatic rings. The monoisotopic (exact) mass is 289 g/mol. The van der Waals surface area contributed by atoms with Gasteiger partial charge in [0.2, 0.25) is 0 Å². The Balaban J connectivity index is 1.96. The van der Waals surface area contributed by atoms with Gasteiger partial charge in [-0.2, -0.15) is 0 Å². The Morgan fingerprint density at radius 2 is 1.81 bits per heavy atom. The van der Waals surface area contributed by atoms with Gasteiger partial charge in [-0.25, -0.2) is 0 Å². The van der Waals surface area contributed by atoms with Crippen molar-refractivity contribution in [1.29, 1.82) is 0 Å². The van der Waals surface area contributed by atoms with Crippen LogP contribution < -0.4 is 5.32 Å². The fourth-order valence-corrected chi connectivity index (χ4v) is 3.69. The lowest BCUT2D eigenvalue weighted by Gasteiger charge is -2.37. The highest BCUT2D eigenvalue weighted by Crippen LogP contribution is 2.35. The second-order valence-electron chi connectivity index (χ2n) is 6.72. The summed E-state index contributed by atoms with van der Waals surface area (Å²) < 4.78 is 0. The molecule has 2 rings (SSSR count). The van der Waals surface area contributed by atoms with Gasteiger partial charge in [0.15, 0.2) is 0 Å². The number of aromatic nitrogens is 1. The smallest absolute Gasteiger partial charge is 0.0271 e. The first-order valence-electron chi connectivity index (χ1n) is 8.52. The average molecular weight is 289 g/mol. The normalized spacial score (nSPS) is 18.6. The third-order valence-corrected chi connectivity index (χ3v) is 4.72. The number of nitrogens with zero attached hydrogens (tertiary/aromatic N) is 2. The minimum atomic E-state index is 0.467. The van der Waals surface area contributed by atoms with Crippen LogP contribution in [0.3, 0.4) is 0 Å². The summed E-state index contributed by atoms with van der Waals surface area (Å²) in [6, 6.07) is 4.25. The van der Waals surface area contributed by atoms with E-state index < -0.39 is 0 Å². The first-order valence-corrected chi connectivity index (χ1v) is 8.52. The number of rotatable bonds is 7. The van der Waals surface area contributed by atoms with Gasteiger partial charge in [-0.3, -0.25) is 4.98 Å². The lowest BCUT2D eigenvalue weighted by molar-refractivity contribution is 0.142. The number of hydrogen-bond acceptors (Lipinski definition) is 3. The summed E-state index contributed by atoms with van der Waals surface area (Å²) in [6.07, 6.45) is 12.2. The predicted molar refractivity (Wildman–Crippen MR) is 89.2 cm³/mol. The molecule has 0 amide bonds. The van der Waals surface area contributed by atoms with E-state index in [1.807, 2.05) is 12.4 Å². The van der Waals surface area contributed by atoms with Gasteiger partial charge in [0.25, 0.3) is 0 Å². The second kappa shape index (κ2) is 8.50. The number of pyridine rings is 1. The van der Waals surface area contributed by atoms with Crippen molar-refractivity contribution in [1.82, 2.24) is 15.2 Å². The third kappa shape index (κ3) is 5.40. The van der Waals surface area contributed by atoms with Gasteiger partial charge in [0, 0.05) is 32.0 Å². The molecule has 0 bridgehead atoms. The zero-order chi connectivity index (χ0) is 15.0. The Morgan fingerprint density at radius 3 is 2.43 bits per heavy atom. The highest BCUT2D eigenvalue weighted by Gasteiger charge is 2.31. The van der Waals surface area contributed by atoms with Gasteiger partial charge in [-0.1, -0.05) is 32.6 Å². The minimum absolute atomic E-state index is 0.467. The van der Waals surface area contributed by atoms with Crippen molar-refractivity contribution in [2.24, 2.45) is 5.41 Å². The van der Waals surface area contributed by atoms with Crippen molar-refractivity contribution in [3.05, 3.63) is 30.1 Å². The summed E-state index contributed by atoms with van der Waals surface area (Å²) >= 11 is 0. The largest absolute Gasteiger partial charge is 0.316 e. The van der Waals surface area contributed by atoms with Crippen LogP contribution in [0.2, 0.25) is 0 Å². The van der Waals surface area contributed by atoms with Crippen LogP contribution in [0.25, 0.3) is 0 Å². The first kappa shape index (κ1) is 16.4.